The predicted molar refractivity (Wildman–Crippen MR) is 72.2 cm³/mol. The molecule has 0 fully saturated rings. The Morgan fingerprint density at radius 3 is 2.32 bits per heavy atom. The average Bonchev–Trinajstić information content (AvgIpc) is 2.37. The summed E-state index contributed by atoms with van der Waals surface area (Å²) in [6, 6.07) is 7.18. The Morgan fingerprint density at radius 2 is 1.74 bits per heavy atom. The van der Waals surface area contributed by atoms with Gasteiger partial charge in [0, 0.05) is 10.9 Å². The molecule has 0 amide bonds. The van der Waals surface area contributed by atoms with Crippen LogP contribution in [0.3, 0.4) is 0 Å². The molecule has 2 aromatic carbocycles. The average molecular weight is 303 g/mol. The van der Waals surface area contributed by atoms with Crippen molar-refractivity contribution in [3.05, 3.63) is 58.1 Å². The zero-order chi connectivity index (χ0) is 14.0. The molecule has 0 aliphatic rings. The number of halogens is 4. The zero-order valence-corrected chi connectivity index (χ0v) is 11.5. The van der Waals surface area contributed by atoms with Crippen LogP contribution in [0.25, 0.3) is 0 Å². The van der Waals surface area contributed by atoms with Crippen LogP contribution in [0.2, 0.25) is 5.02 Å². The van der Waals surface area contributed by atoms with Gasteiger partial charge in [-0.1, -0.05) is 17.7 Å². The lowest BCUT2D eigenvalue weighted by Gasteiger charge is -2.11. The van der Waals surface area contributed by atoms with Crippen LogP contribution >= 0.6 is 23.2 Å². The van der Waals surface area contributed by atoms with Crippen LogP contribution in [0.1, 0.15) is 11.1 Å². The van der Waals surface area contributed by atoms with E-state index in [1.807, 2.05) is 0 Å². The van der Waals surface area contributed by atoms with Gasteiger partial charge in [-0.2, -0.15) is 0 Å². The highest BCUT2D eigenvalue weighted by atomic mass is 35.5. The molecule has 1 nitrogen and oxygen atoms in total. The maximum atomic E-state index is 13.8. The summed E-state index contributed by atoms with van der Waals surface area (Å²) in [5.74, 6) is -1.71. The number of hydrogen-bond donors (Lipinski definition) is 0. The summed E-state index contributed by atoms with van der Waals surface area (Å²) in [6.45, 7) is 1.76. The van der Waals surface area contributed by atoms with Crippen molar-refractivity contribution in [2.24, 2.45) is 0 Å². The Bertz CT molecular complexity index is 591. The lowest BCUT2D eigenvalue weighted by molar-refractivity contribution is 0.405. The molecule has 0 spiro atoms. The lowest BCUT2D eigenvalue weighted by Crippen LogP contribution is -1.96. The molecule has 0 radical (unpaired) electrons. The van der Waals surface area contributed by atoms with E-state index in [-0.39, 0.29) is 5.88 Å². The van der Waals surface area contributed by atoms with Crippen molar-refractivity contribution >= 4 is 23.2 Å². The molecule has 5 heteroatoms. The highest BCUT2D eigenvalue weighted by Crippen LogP contribution is 2.32. The summed E-state index contributed by atoms with van der Waals surface area (Å²) in [5.41, 5.74) is 1.08. The first-order chi connectivity index (χ1) is 9.01. The third-order valence-corrected chi connectivity index (χ3v) is 3.12. The van der Waals surface area contributed by atoms with E-state index < -0.39 is 17.4 Å². The predicted octanol–water partition coefficient (Wildman–Crippen LogP) is 5.46. The molecular formula is C14H10Cl2F2O. The van der Waals surface area contributed by atoms with Gasteiger partial charge in [0.2, 0.25) is 0 Å². The summed E-state index contributed by atoms with van der Waals surface area (Å²) >= 11 is 11.4. The van der Waals surface area contributed by atoms with Gasteiger partial charge in [-0.15, -0.1) is 11.6 Å². The van der Waals surface area contributed by atoms with Gasteiger partial charge in [-0.05, 0) is 42.3 Å². The van der Waals surface area contributed by atoms with Crippen LogP contribution in [-0.4, -0.2) is 0 Å². The fraction of sp³-hybridized carbons (Fsp3) is 0.143. The first-order valence-electron chi connectivity index (χ1n) is 5.49. The summed E-state index contributed by atoms with van der Waals surface area (Å²) in [7, 11) is 0. The van der Waals surface area contributed by atoms with Crippen LogP contribution in [0, 0.1) is 18.6 Å². The molecule has 0 heterocycles. The Kier molecular flexibility index (Phi) is 4.27. The summed E-state index contributed by atoms with van der Waals surface area (Å²) < 4.78 is 32.8. The van der Waals surface area contributed by atoms with Gasteiger partial charge < -0.3 is 4.74 Å². The Balaban J connectivity index is 2.41. The minimum absolute atomic E-state index is 0.0321. The van der Waals surface area contributed by atoms with Crippen LogP contribution in [0.4, 0.5) is 8.78 Å². The molecule has 2 aromatic rings. The van der Waals surface area contributed by atoms with Crippen molar-refractivity contribution < 1.29 is 13.5 Å². The Labute approximate surface area is 119 Å². The van der Waals surface area contributed by atoms with Gasteiger partial charge in [0.05, 0.1) is 0 Å². The molecule has 0 saturated carbocycles. The third kappa shape index (κ3) is 3.17. The van der Waals surface area contributed by atoms with Crippen LogP contribution < -0.4 is 4.74 Å². The summed E-state index contributed by atoms with van der Waals surface area (Å²) in [5, 5.41) is 0.429. The minimum atomic E-state index is -0.796. The number of alkyl halides is 1. The smallest absolute Gasteiger partial charge is 0.198 e. The molecule has 0 N–H and O–H groups in total. The fourth-order valence-electron chi connectivity index (χ4n) is 1.58. The fourth-order valence-corrected chi connectivity index (χ4v) is 1.90. The van der Waals surface area contributed by atoms with Crippen LogP contribution in [-0.2, 0) is 5.88 Å². The largest absolute Gasteiger partial charge is 0.451 e. The molecule has 0 saturated heterocycles. The van der Waals surface area contributed by atoms with Crippen molar-refractivity contribution in [3.8, 4) is 11.5 Å². The first-order valence-corrected chi connectivity index (χ1v) is 6.40. The topological polar surface area (TPSA) is 9.23 Å². The molecule has 100 valence electrons. The van der Waals surface area contributed by atoms with E-state index in [4.69, 9.17) is 27.9 Å². The van der Waals surface area contributed by atoms with E-state index in [0.29, 0.717) is 16.3 Å². The SMILES string of the molecule is Cc1ccc(Cl)cc1Oc1c(F)cc(CCl)cc1F. The van der Waals surface area contributed by atoms with Crippen molar-refractivity contribution in [1.82, 2.24) is 0 Å². The maximum Gasteiger partial charge on any atom is 0.198 e. The zero-order valence-electron chi connectivity index (χ0n) is 10.0. The van der Waals surface area contributed by atoms with Gasteiger partial charge in [0.25, 0.3) is 0 Å². The molecule has 2 rings (SSSR count). The highest BCUT2D eigenvalue weighted by molar-refractivity contribution is 6.30. The van der Waals surface area contributed by atoms with E-state index in [1.165, 1.54) is 6.07 Å². The van der Waals surface area contributed by atoms with E-state index in [9.17, 15) is 8.78 Å². The molecule has 0 aliphatic carbocycles. The molecule has 0 aliphatic heterocycles. The van der Waals surface area contributed by atoms with Gasteiger partial charge in [0.1, 0.15) is 5.75 Å². The molecule has 0 bridgehead atoms. The number of aryl methyl sites for hydroxylation is 1. The van der Waals surface area contributed by atoms with Crippen LogP contribution in [0.5, 0.6) is 11.5 Å². The monoisotopic (exact) mass is 302 g/mol. The second kappa shape index (κ2) is 5.76. The van der Waals surface area contributed by atoms with Crippen molar-refractivity contribution in [3.63, 3.8) is 0 Å². The van der Waals surface area contributed by atoms with Crippen molar-refractivity contribution in [2.75, 3.05) is 0 Å². The van der Waals surface area contributed by atoms with Crippen molar-refractivity contribution in [1.29, 1.82) is 0 Å². The number of rotatable bonds is 3. The number of hydrogen-bond acceptors (Lipinski definition) is 1. The van der Waals surface area contributed by atoms with E-state index >= 15 is 0 Å². The molecule has 0 aromatic heterocycles. The van der Waals surface area contributed by atoms with Crippen molar-refractivity contribution in [2.45, 2.75) is 12.8 Å². The standard InChI is InChI=1S/C14H10Cl2F2O/c1-8-2-3-10(16)6-13(8)19-14-11(17)4-9(7-15)5-12(14)18/h2-6H,7H2,1H3. The summed E-state index contributed by atoms with van der Waals surface area (Å²) in [4.78, 5) is 0. The van der Waals surface area contributed by atoms with Crippen LogP contribution in [0.15, 0.2) is 30.3 Å². The van der Waals surface area contributed by atoms with E-state index in [1.54, 1.807) is 19.1 Å². The maximum absolute atomic E-state index is 13.8. The molecule has 0 unspecified atom stereocenters. The number of benzene rings is 2. The second-order valence-electron chi connectivity index (χ2n) is 4.03. The van der Waals surface area contributed by atoms with E-state index in [0.717, 1.165) is 17.7 Å². The molecular weight excluding hydrogens is 293 g/mol. The minimum Gasteiger partial charge on any atom is -0.451 e. The molecule has 19 heavy (non-hydrogen) atoms. The normalized spacial score (nSPS) is 10.6. The molecule has 0 atom stereocenters. The Hall–Kier alpha value is -1.32. The lowest BCUT2D eigenvalue weighted by atomic mass is 10.2. The highest BCUT2D eigenvalue weighted by Gasteiger charge is 2.14. The third-order valence-electron chi connectivity index (χ3n) is 2.57. The van der Waals surface area contributed by atoms with Gasteiger partial charge in [-0.25, -0.2) is 8.78 Å². The van der Waals surface area contributed by atoms with Gasteiger partial charge >= 0.3 is 0 Å². The van der Waals surface area contributed by atoms with Gasteiger partial charge in [0.15, 0.2) is 17.4 Å². The summed E-state index contributed by atoms with van der Waals surface area (Å²) in [6.07, 6.45) is 0. The second-order valence-corrected chi connectivity index (χ2v) is 4.74. The Morgan fingerprint density at radius 1 is 1.11 bits per heavy atom. The first kappa shape index (κ1) is 14.1. The quantitative estimate of drug-likeness (QED) is 0.684. The van der Waals surface area contributed by atoms with Gasteiger partial charge in [-0.3, -0.25) is 0 Å². The van der Waals surface area contributed by atoms with E-state index in [2.05, 4.69) is 0 Å². The number of ether oxygens (including phenoxy) is 1.